The Morgan fingerprint density at radius 3 is 2.26 bits per heavy atom. The van der Waals surface area contributed by atoms with Crippen molar-refractivity contribution in [3.8, 4) is 0 Å². The Labute approximate surface area is 115 Å². The average Bonchev–Trinajstić information content (AvgIpc) is 2.36. The fraction of sp³-hybridized carbons (Fsp3) is 0.500. The van der Waals surface area contributed by atoms with Gasteiger partial charge in [0.05, 0.1) is 12.3 Å². The Hall–Kier alpha value is -1.20. The lowest BCUT2D eigenvalue weighted by atomic mass is 10.0. The van der Waals surface area contributed by atoms with E-state index in [4.69, 9.17) is 0 Å². The van der Waals surface area contributed by atoms with Crippen LogP contribution < -0.4 is 4.72 Å². The molecule has 5 heteroatoms. The quantitative estimate of drug-likeness (QED) is 0.831. The standard InChI is InChI=1S/C14H21NO3S/c1-11(2)14(16)9-15-19(17,18)10-12(3)13-7-5-4-6-8-13/h4-8,11-12,15H,9-10H2,1-3H3. The molecule has 0 amide bonds. The van der Waals surface area contributed by atoms with Crippen molar-refractivity contribution < 1.29 is 13.2 Å². The summed E-state index contributed by atoms with van der Waals surface area (Å²) in [5.74, 6) is -0.374. The molecule has 0 saturated carbocycles. The van der Waals surface area contributed by atoms with E-state index in [-0.39, 0.29) is 29.9 Å². The first-order chi connectivity index (χ1) is 8.82. The molecule has 0 aromatic heterocycles. The summed E-state index contributed by atoms with van der Waals surface area (Å²) in [5, 5.41) is 0. The molecule has 0 heterocycles. The van der Waals surface area contributed by atoms with Gasteiger partial charge in [0, 0.05) is 5.92 Å². The average molecular weight is 283 g/mol. The Morgan fingerprint density at radius 1 is 1.16 bits per heavy atom. The monoisotopic (exact) mass is 283 g/mol. The van der Waals surface area contributed by atoms with Crippen LogP contribution in [0.3, 0.4) is 0 Å². The summed E-state index contributed by atoms with van der Waals surface area (Å²) in [4.78, 5) is 11.4. The van der Waals surface area contributed by atoms with Crippen LogP contribution in [-0.4, -0.2) is 26.5 Å². The fourth-order valence-electron chi connectivity index (χ4n) is 1.65. The second kappa shape index (κ2) is 6.82. The zero-order valence-electron chi connectivity index (χ0n) is 11.6. The van der Waals surface area contributed by atoms with Gasteiger partial charge in [-0.3, -0.25) is 4.79 Å². The first-order valence-electron chi connectivity index (χ1n) is 6.37. The minimum absolute atomic E-state index is 0.0115. The maximum atomic E-state index is 11.9. The predicted octanol–water partition coefficient (Wildman–Crippen LogP) is 1.93. The number of benzene rings is 1. The smallest absolute Gasteiger partial charge is 0.212 e. The normalized spacial score (nSPS) is 13.5. The van der Waals surface area contributed by atoms with Crippen LogP contribution in [-0.2, 0) is 14.8 Å². The lowest BCUT2D eigenvalue weighted by Crippen LogP contribution is -2.34. The second-order valence-corrected chi connectivity index (χ2v) is 6.89. The van der Waals surface area contributed by atoms with Crippen molar-refractivity contribution in [3.63, 3.8) is 0 Å². The van der Waals surface area contributed by atoms with Gasteiger partial charge in [-0.05, 0) is 11.5 Å². The molecule has 1 aromatic carbocycles. The van der Waals surface area contributed by atoms with Gasteiger partial charge in [-0.2, -0.15) is 0 Å². The van der Waals surface area contributed by atoms with Gasteiger partial charge in [-0.25, -0.2) is 13.1 Å². The molecule has 1 aromatic rings. The number of nitrogens with one attached hydrogen (secondary N) is 1. The van der Waals surface area contributed by atoms with Gasteiger partial charge >= 0.3 is 0 Å². The van der Waals surface area contributed by atoms with Gasteiger partial charge in [0.25, 0.3) is 0 Å². The van der Waals surface area contributed by atoms with Crippen molar-refractivity contribution in [1.29, 1.82) is 0 Å². The molecule has 0 spiro atoms. The van der Waals surface area contributed by atoms with E-state index in [2.05, 4.69) is 4.72 Å². The Kier molecular flexibility index (Phi) is 5.69. The zero-order chi connectivity index (χ0) is 14.5. The minimum atomic E-state index is -3.43. The van der Waals surface area contributed by atoms with E-state index >= 15 is 0 Å². The largest absolute Gasteiger partial charge is 0.298 e. The van der Waals surface area contributed by atoms with Crippen LogP contribution in [0, 0.1) is 5.92 Å². The van der Waals surface area contributed by atoms with E-state index < -0.39 is 10.0 Å². The van der Waals surface area contributed by atoms with Crippen molar-refractivity contribution in [1.82, 2.24) is 4.72 Å². The summed E-state index contributed by atoms with van der Waals surface area (Å²) < 4.78 is 26.1. The van der Waals surface area contributed by atoms with Gasteiger partial charge in [0.1, 0.15) is 5.78 Å². The number of hydrogen-bond acceptors (Lipinski definition) is 3. The maximum Gasteiger partial charge on any atom is 0.212 e. The van der Waals surface area contributed by atoms with E-state index in [1.807, 2.05) is 37.3 Å². The molecule has 0 aliphatic heterocycles. The third-order valence-corrected chi connectivity index (χ3v) is 4.47. The number of Topliss-reactive ketones (excluding diaryl/α,β-unsaturated/α-hetero) is 1. The number of hydrogen-bond donors (Lipinski definition) is 1. The highest BCUT2D eigenvalue weighted by atomic mass is 32.2. The molecule has 1 N–H and O–H groups in total. The van der Waals surface area contributed by atoms with Gasteiger partial charge in [0.2, 0.25) is 10.0 Å². The molecule has 1 unspecified atom stereocenters. The van der Waals surface area contributed by atoms with E-state index in [0.29, 0.717) is 0 Å². The first-order valence-corrected chi connectivity index (χ1v) is 8.02. The van der Waals surface area contributed by atoms with Crippen LogP contribution in [0.5, 0.6) is 0 Å². The molecular weight excluding hydrogens is 262 g/mol. The highest BCUT2D eigenvalue weighted by Crippen LogP contribution is 2.16. The molecule has 0 bridgehead atoms. The molecule has 0 aliphatic carbocycles. The molecule has 0 saturated heterocycles. The van der Waals surface area contributed by atoms with Crippen molar-refractivity contribution >= 4 is 15.8 Å². The summed E-state index contributed by atoms with van der Waals surface area (Å²) in [6.45, 7) is 5.24. The molecule has 106 valence electrons. The third kappa shape index (κ3) is 5.53. The van der Waals surface area contributed by atoms with E-state index in [1.165, 1.54) is 0 Å². The van der Waals surface area contributed by atoms with Crippen LogP contribution >= 0.6 is 0 Å². The van der Waals surface area contributed by atoms with Crippen LogP contribution in [0.1, 0.15) is 32.3 Å². The number of rotatable bonds is 7. The first kappa shape index (κ1) is 15.9. The van der Waals surface area contributed by atoms with E-state index in [1.54, 1.807) is 13.8 Å². The number of carbonyl (C=O) groups excluding carboxylic acids is 1. The van der Waals surface area contributed by atoms with Crippen LogP contribution in [0.2, 0.25) is 0 Å². The Bertz CT molecular complexity index is 509. The number of carbonyl (C=O) groups is 1. The van der Waals surface area contributed by atoms with Gasteiger partial charge < -0.3 is 0 Å². The van der Waals surface area contributed by atoms with Crippen LogP contribution in [0.15, 0.2) is 30.3 Å². The number of sulfonamides is 1. The van der Waals surface area contributed by atoms with Crippen molar-refractivity contribution in [2.24, 2.45) is 5.92 Å². The van der Waals surface area contributed by atoms with E-state index in [0.717, 1.165) is 5.56 Å². The van der Waals surface area contributed by atoms with Crippen molar-refractivity contribution in [2.75, 3.05) is 12.3 Å². The third-order valence-electron chi connectivity index (χ3n) is 2.95. The lowest BCUT2D eigenvalue weighted by Gasteiger charge is -2.13. The lowest BCUT2D eigenvalue weighted by molar-refractivity contribution is -0.120. The SMILES string of the molecule is CC(C)C(=O)CNS(=O)(=O)CC(C)c1ccccc1. The molecule has 19 heavy (non-hydrogen) atoms. The second-order valence-electron chi connectivity index (χ2n) is 5.04. The van der Waals surface area contributed by atoms with Crippen molar-refractivity contribution in [3.05, 3.63) is 35.9 Å². The van der Waals surface area contributed by atoms with Crippen molar-refractivity contribution in [2.45, 2.75) is 26.7 Å². The molecule has 1 rings (SSSR count). The zero-order valence-corrected chi connectivity index (χ0v) is 12.4. The molecule has 1 atom stereocenters. The summed E-state index contributed by atoms with van der Waals surface area (Å²) >= 11 is 0. The maximum absolute atomic E-state index is 11.9. The van der Waals surface area contributed by atoms with Gasteiger partial charge in [-0.15, -0.1) is 0 Å². The Morgan fingerprint density at radius 2 is 1.74 bits per heavy atom. The van der Waals surface area contributed by atoms with Gasteiger partial charge in [0.15, 0.2) is 0 Å². The summed E-state index contributed by atoms with van der Waals surface area (Å²) in [6.07, 6.45) is 0. The Balaban J connectivity index is 2.58. The molecular formula is C14H21NO3S. The highest BCUT2D eigenvalue weighted by molar-refractivity contribution is 7.89. The molecule has 0 fully saturated rings. The highest BCUT2D eigenvalue weighted by Gasteiger charge is 2.18. The van der Waals surface area contributed by atoms with Crippen LogP contribution in [0.25, 0.3) is 0 Å². The molecule has 0 aliphatic rings. The topological polar surface area (TPSA) is 63.2 Å². The summed E-state index contributed by atoms with van der Waals surface area (Å²) in [5.41, 5.74) is 0.975. The van der Waals surface area contributed by atoms with Gasteiger partial charge in [-0.1, -0.05) is 51.1 Å². The predicted molar refractivity (Wildman–Crippen MR) is 76.5 cm³/mol. The van der Waals surface area contributed by atoms with E-state index in [9.17, 15) is 13.2 Å². The summed E-state index contributed by atoms with van der Waals surface area (Å²) in [7, 11) is -3.43. The fourth-order valence-corrected chi connectivity index (χ4v) is 2.98. The van der Waals surface area contributed by atoms with Crippen LogP contribution in [0.4, 0.5) is 0 Å². The summed E-state index contributed by atoms with van der Waals surface area (Å²) in [6, 6.07) is 9.46. The molecule has 4 nitrogen and oxygen atoms in total. The molecule has 0 radical (unpaired) electrons. The minimum Gasteiger partial charge on any atom is -0.298 e. The number of ketones is 1.